The minimum Gasteiger partial charge on any atom is -0.468 e. The Hall–Kier alpha value is -4.95. The highest BCUT2D eigenvalue weighted by Gasteiger charge is 2.53. The number of cyclic esters (lactones) is 1. The third kappa shape index (κ3) is 16.5. The van der Waals surface area contributed by atoms with Crippen molar-refractivity contribution in [2.75, 3.05) is 34.7 Å². The molecule has 4 aliphatic rings. The molecule has 0 unspecified atom stereocenters. The summed E-state index contributed by atoms with van der Waals surface area (Å²) >= 11 is 0. The number of ketones is 3. The molecule has 76 heavy (non-hydrogen) atoms. The zero-order valence-corrected chi connectivity index (χ0v) is 46.3. The van der Waals surface area contributed by atoms with Crippen LogP contribution in [0.1, 0.15) is 126 Å². The lowest BCUT2D eigenvalue weighted by atomic mass is 9.78. The largest absolute Gasteiger partial charge is 0.468 e. The third-order valence-corrected chi connectivity index (χ3v) is 16.0. The van der Waals surface area contributed by atoms with Crippen LogP contribution < -0.4 is 4.74 Å². The molecule has 1 amide bonds. The van der Waals surface area contributed by atoms with Crippen LogP contribution in [0.2, 0.25) is 0 Å². The van der Waals surface area contributed by atoms with Gasteiger partial charge in [-0.3, -0.25) is 29.3 Å². The van der Waals surface area contributed by atoms with Crippen LogP contribution in [0.5, 0.6) is 5.75 Å². The Balaban J connectivity index is 1.52. The van der Waals surface area contributed by atoms with Gasteiger partial charge in [0.15, 0.2) is 12.6 Å². The molecule has 1 aliphatic carbocycles. The van der Waals surface area contributed by atoms with E-state index in [1.165, 1.54) is 36.3 Å². The molecule has 15 atom stereocenters. The zero-order valence-electron chi connectivity index (χ0n) is 46.3. The van der Waals surface area contributed by atoms with E-state index in [0.717, 1.165) is 5.57 Å². The number of hydrogen-bond donors (Lipinski definition) is 2. The number of Topliss-reactive ketones (excluding diaryl/α,β-unsaturated/α-hetero) is 3. The fourth-order valence-electron chi connectivity index (χ4n) is 11.2. The van der Waals surface area contributed by atoms with E-state index in [-0.39, 0.29) is 73.0 Å². The van der Waals surface area contributed by atoms with Gasteiger partial charge in [-0.25, -0.2) is 4.79 Å². The van der Waals surface area contributed by atoms with E-state index in [2.05, 4.69) is 0 Å². The Kier molecular flexibility index (Phi) is 23.7. The molecule has 0 radical (unpaired) electrons. The molecule has 18 heteroatoms. The van der Waals surface area contributed by atoms with E-state index >= 15 is 0 Å². The average molecular weight is 1070 g/mol. The van der Waals surface area contributed by atoms with Gasteiger partial charge in [0.25, 0.3) is 17.4 Å². The summed E-state index contributed by atoms with van der Waals surface area (Å²) in [5, 5.41) is 33.9. The average Bonchev–Trinajstić information content (AvgIpc) is 3.40. The van der Waals surface area contributed by atoms with Crippen molar-refractivity contribution in [1.29, 1.82) is 0 Å². The first-order valence-electron chi connectivity index (χ1n) is 27.1. The van der Waals surface area contributed by atoms with Crippen LogP contribution >= 0.6 is 0 Å². The molecular weight excluding hydrogens is 981 g/mol. The van der Waals surface area contributed by atoms with Crippen molar-refractivity contribution in [3.8, 4) is 5.75 Å². The topological polar surface area (TPSA) is 237 Å². The molecule has 2 saturated heterocycles. The number of methoxy groups -OCH3 is 3. The number of amides is 1. The molecule has 3 heterocycles. The number of aliphatic hydroxyl groups excluding tert-OH is 1. The van der Waals surface area contributed by atoms with Gasteiger partial charge in [0.2, 0.25) is 5.79 Å². The Morgan fingerprint density at radius 1 is 0.855 bits per heavy atom. The fraction of sp³-hybridized carbons (Fsp3) is 0.672. The van der Waals surface area contributed by atoms with E-state index in [0.29, 0.717) is 69.8 Å². The highest BCUT2D eigenvalue weighted by atomic mass is 16.7. The Labute approximate surface area is 448 Å². The van der Waals surface area contributed by atoms with Crippen LogP contribution in [0.25, 0.3) is 0 Å². The smallest absolute Gasteiger partial charge is 0.329 e. The number of benzene rings is 1. The molecule has 0 aromatic heterocycles. The summed E-state index contributed by atoms with van der Waals surface area (Å²) in [6.45, 7) is 12.4. The second-order valence-corrected chi connectivity index (χ2v) is 21.7. The van der Waals surface area contributed by atoms with Crippen LogP contribution in [-0.2, 0) is 52.4 Å². The van der Waals surface area contributed by atoms with Crippen LogP contribution in [0.15, 0.2) is 71.9 Å². The van der Waals surface area contributed by atoms with Crippen LogP contribution in [0, 0.1) is 45.6 Å². The van der Waals surface area contributed by atoms with Crippen molar-refractivity contribution in [2.24, 2.45) is 35.5 Å². The van der Waals surface area contributed by atoms with Crippen molar-refractivity contribution >= 4 is 34.9 Å². The Bertz CT molecular complexity index is 2260. The summed E-state index contributed by atoms with van der Waals surface area (Å²) in [5.74, 6) is -8.07. The maximum Gasteiger partial charge on any atom is 0.329 e. The maximum absolute atomic E-state index is 14.6. The van der Waals surface area contributed by atoms with Gasteiger partial charge in [-0.15, -0.1) is 0 Å². The number of aliphatic hydroxyl groups is 2. The lowest BCUT2D eigenvalue weighted by molar-refractivity contribution is -0.384. The number of allylic oxidation sites excluding steroid dienone is 6. The monoisotopic (exact) mass is 1060 g/mol. The van der Waals surface area contributed by atoms with Crippen molar-refractivity contribution in [2.45, 2.75) is 180 Å². The summed E-state index contributed by atoms with van der Waals surface area (Å²) in [4.78, 5) is 84.2. The lowest BCUT2D eigenvalue weighted by Gasteiger charge is -2.42. The summed E-state index contributed by atoms with van der Waals surface area (Å²) in [5.41, 5.74) is 1.22. The van der Waals surface area contributed by atoms with Crippen molar-refractivity contribution in [3.63, 3.8) is 0 Å². The molecule has 1 aromatic carbocycles. The number of carbonyl (C=O) groups excluding carboxylic acids is 5. The standard InChI is InChI=1S/C58H84N2O16/c1-35-16-12-11-13-17-36(2)49(70-8)32-45-23-19-41(7)58(67,76-45)55(64)56(65)59-27-15-14-18-46(59)57(66)75-50(38(4)30-42-20-26-47(61)51(31-42)71-9)33-48(62)37(3)29-40(6)53(54(72-10)52(63)39(5)28-35)74-34-73-44-24-21-43(22-25-44)60(68)69/h11-13,16-17,21-22,24-25,29,35,37-39,41-42,45-47,49-51,53-54,61,67H,14-15,18-20,23,26-28,30-34H2,1-10H3/b13-11+,16-12+,36-17+,40-29+/t35-,37-,38-,39-,41-,42+,45+,46+,47-,49+,50+,51-,53-,54+,58-/m1/s1. The number of nitrogens with zero attached hydrogens (tertiary/aromatic N) is 2. The number of esters is 1. The number of hydrogen-bond acceptors (Lipinski definition) is 16. The zero-order chi connectivity index (χ0) is 55.9. The molecule has 2 bridgehead atoms. The third-order valence-electron chi connectivity index (χ3n) is 16.0. The first-order valence-corrected chi connectivity index (χ1v) is 27.1. The van der Waals surface area contributed by atoms with Gasteiger partial charge in [-0.2, -0.15) is 0 Å². The highest BCUT2D eigenvalue weighted by molar-refractivity contribution is 6.39. The maximum atomic E-state index is 14.6. The second kappa shape index (κ2) is 29.1. The van der Waals surface area contributed by atoms with Gasteiger partial charge in [-0.05, 0) is 119 Å². The number of carbonyl (C=O) groups is 5. The number of ether oxygens (including phenoxy) is 7. The molecule has 0 spiro atoms. The van der Waals surface area contributed by atoms with Crippen LogP contribution in [0.3, 0.4) is 0 Å². The number of piperidine rings is 1. The van der Waals surface area contributed by atoms with Crippen molar-refractivity contribution < 1.29 is 72.3 Å². The molecule has 422 valence electrons. The summed E-state index contributed by atoms with van der Waals surface area (Å²) in [7, 11) is 4.53. The quantitative estimate of drug-likeness (QED) is 0.0531. The Morgan fingerprint density at radius 3 is 2.25 bits per heavy atom. The molecule has 1 aromatic rings. The number of nitro groups is 1. The molecule has 5 rings (SSSR count). The number of rotatable bonds is 11. The summed E-state index contributed by atoms with van der Waals surface area (Å²) in [6.07, 6.45) is 11.0. The first-order chi connectivity index (χ1) is 36.1. The van der Waals surface area contributed by atoms with Gasteiger partial charge >= 0.3 is 5.97 Å². The van der Waals surface area contributed by atoms with E-state index in [4.69, 9.17) is 33.2 Å². The lowest BCUT2D eigenvalue weighted by Crippen LogP contribution is -2.61. The normalized spacial score (nSPS) is 36.1. The van der Waals surface area contributed by atoms with Gasteiger partial charge in [0.1, 0.15) is 35.9 Å². The predicted octanol–water partition coefficient (Wildman–Crippen LogP) is 8.15. The molecule has 3 fully saturated rings. The van der Waals surface area contributed by atoms with Crippen molar-refractivity contribution in [3.05, 3.63) is 82.0 Å². The van der Waals surface area contributed by atoms with E-state index < -0.39 is 88.8 Å². The highest BCUT2D eigenvalue weighted by Crippen LogP contribution is 2.38. The van der Waals surface area contributed by atoms with Crippen LogP contribution in [-0.4, -0.2) is 138 Å². The van der Waals surface area contributed by atoms with Crippen LogP contribution in [0.4, 0.5) is 5.69 Å². The van der Waals surface area contributed by atoms with E-state index in [1.54, 1.807) is 41.1 Å². The SMILES string of the molecule is CO[C@H]1C[C@@H]2CC[C@@H](C)[C@@](O)(O2)C(=O)C(=O)N2CCCC[C@H]2C(=O)O[C@H]([C@H](C)C[C@@H]2CC[C@@H](O)[C@H](OC)C2)CC(=O)[C@H](C)/C=C(\C)[C@@H](OCOc2ccc([N+](=O)[O-])cc2)[C@@H](OC)C(=O)[C@H](C)C[C@H](C)/C=C/C=C/C=C/1C. The van der Waals surface area contributed by atoms with Gasteiger partial charge in [0.05, 0.1) is 29.3 Å². The first kappa shape index (κ1) is 61.9. The number of non-ortho nitro benzene ring substituents is 1. The predicted molar refractivity (Wildman–Crippen MR) is 283 cm³/mol. The van der Waals surface area contributed by atoms with Crippen molar-refractivity contribution in [1.82, 2.24) is 4.90 Å². The molecule has 3 aliphatic heterocycles. The molecular formula is C58H84N2O16. The fourth-order valence-corrected chi connectivity index (χ4v) is 11.2. The molecule has 18 nitrogen and oxygen atoms in total. The minimum atomic E-state index is -2.46. The minimum absolute atomic E-state index is 0.0384. The summed E-state index contributed by atoms with van der Waals surface area (Å²) < 4.78 is 42.0. The van der Waals surface area contributed by atoms with Gasteiger partial charge < -0.3 is 48.3 Å². The Morgan fingerprint density at radius 2 is 1.58 bits per heavy atom. The number of fused-ring (bicyclic) bond motifs is 3. The second-order valence-electron chi connectivity index (χ2n) is 21.7. The van der Waals surface area contributed by atoms with E-state index in [1.807, 2.05) is 58.1 Å². The number of nitro benzene ring substituents is 1. The van der Waals surface area contributed by atoms with E-state index in [9.17, 15) is 44.3 Å². The molecule has 2 N–H and O–H groups in total. The van der Waals surface area contributed by atoms with Gasteiger partial charge in [0, 0.05) is 70.6 Å². The van der Waals surface area contributed by atoms with Gasteiger partial charge in [-0.1, -0.05) is 71.1 Å². The molecule has 1 saturated carbocycles. The summed E-state index contributed by atoms with van der Waals surface area (Å²) in [6, 6.07) is 4.28.